The van der Waals surface area contributed by atoms with Gasteiger partial charge in [0.25, 0.3) is 5.56 Å². The summed E-state index contributed by atoms with van der Waals surface area (Å²) >= 11 is 1.38. The number of aromatic nitrogens is 2. The number of hydrogen-bond donors (Lipinski definition) is 3. The summed E-state index contributed by atoms with van der Waals surface area (Å²) in [5, 5.41) is 18.6. The highest BCUT2D eigenvalue weighted by molar-refractivity contribution is 7.99. The van der Waals surface area contributed by atoms with Crippen molar-refractivity contribution >= 4 is 11.8 Å². The van der Waals surface area contributed by atoms with E-state index < -0.39 is 23.5 Å². The van der Waals surface area contributed by atoms with Crippen LogP contribution in [0.1, 0.15) is 11.8 Å². The molecule has 0 unspecified atom stereocenters. The molecular formula is C9H12N2O4S. The van der Waals surface area contributed by atoms with Crippen molar-refractivity contribution in [2.45, 2.75) is 24.0 Å². The first-order valence-corrected chi connectivity index (χ1v) is 5.92. The first-order chi connectivity index (χ1) is 7.58. The molecule has 1 aromatic rings. The van der Waals surface area contributed by atoms with E-state index >= 15 is 0 Å². The monoisotopic (exact) mass is 244 g/mol. The molecular weight excluding hydrogens is 232 g/mol. The van der Waals surface area contributed by atoms with Gasteiger partial charge >= 0.3 is 5.69 Å². The summed E-state index contributed by atoms with van der Waals surface area (Å²) in [6, 6.07) is 1.26. The van der Waals surface area contributed by atoms with E-state index in [2.05, 4.69) is 4.98 Å². The maximum atomic E-state index is 11.5. The second kappa shape index (κ2) is 4.44. The van der Waals surface area contributed by atoms with Gasteiger partial charge < -0.3 is 10.2 Å². The van der Waals surface area contributed by atoms with E-state index in [1.165, 1.54) is 28.6 Å². The van der Waals surface area contributed by atoms with Gasteiger partial charge in [-0.3, -0.25) is 14.3 Å². The van der Waals surface area contributed by atoms with Crippen molar-refractivity contribution in [2.24, 2.45) is 0 Å². The Morgan fingerprint density at radius 2 is 2.12 bits per heavy atom. The third-order valence-corrected chi connectivity index (χ3v) is 3.85. The van der Waals surface area contributed by atoms with Gasteiger partial charge in [-0.15, -0.1) is 11.8 Å². The fourth-order valence-electron chi connectivity index (χ4n) is 1.60. The molecule has 0 spiro atoms. The van der Waals surface area contributed by atoms with Crippen molar-refractivity contribution in [3.05, 3.63) is 33.1 Å². The van der Waals surface area contributed by atoms with Gasteiger partial charge in [-0.1, -0.05) is 0 Å². The van der Waals surface area contributed by atoms with E-state index in [4.69, 9.17) is 0 Å². The van der Waals surface area contributed by atoms with Crippen molar-refractivity contribution in [2.75, 3.05) is 5.75 Å². The van der Waals surface area contributed by atoms with Crippen LogP contribution < -0.4 is 11.2 Å². The van der Waals surface area contributed by atoms with Crippen LogP contribution in [0, 0.1) is 0 Å². The second-order valence-corrected chi connectivity index (χ2v) is 4.89. The lowest BCUT2D eigenvalue weighted by molar-refractivity contribution is 0.0205. The van der Waals surface area contributed by atoms with Gasteiger partial charge in [0.1, 0.15) is 0 Å². The largest absolute Gasteiger partial charge is 0.390 e. The van der Waals surface area contributed by atoms with E-state index in [9.17, 15) is 19.8 Å². The maximum absolute atomic E-state index is 11.5. The first-order valence-electron chi connectivity index (χ1n) is 4.87. The Bertz CT molecular complexity index is 483. The normalized spacial score (nSPS) is 30.2. The first kappa shape index (κ1) is 11.4. The topological polar surface area (TPSA) is 95.3 Å². The van der Waals surface area contributed by atoms with Gasteiger partial charge in [0.15, 0.2) is 0 Å². The Morgan fingerprint density at radius 1 is 1.38 bits per heavy atom. The molecule has 7 heteroatoms. The summed E-state index contributed by atoms with van der Waals surface area (Å²) in [4.78, 5) is 24.5. The fraction of sp³-hybridized carbons (Fsp3) is 0.556. The Morgan fingerprint density at radius 3 is 2.75 bits per heavy atom. The number of nitrogens with zero attached hydrogens (tertiary/aromatic N) is 1. The molecule has 1 saturated heterocycles. The summed E-state index contributed by atoms with van der Waals surface area (Å²) < 4.78 is 1.36. The number of H-pyrrole nitrogens is 1. The molecule has 0 saturated carbocycles. The average Bonchev–Trinajstić information content (AvgIpc) is 2.22. The number of rotatable bonds is 1. The Kier molecular flexibility index (Phi) is 3.17. The predicted molar refractivity (Wildman–Crippen MR) is 59.4 cm³/mol. The molecule has 0 amide bonds. The van der Waals surface area contributed by atoms with E-state index in [1.807, 2.05) is 0 Å². The molecule has 2 rings (SSSR count). The van der Waals surface area contributed by atoms with Crippen LogP contribution >= 0.6 is 11.8 Å². The molecule has 0 radical (unpaired) electrons. The summed E-state index contributed by atoms with van der Waals surface area (Å²) in [6.07, 6.45) is 0.117. The number of aromatic amines is 1. The lowest BCUT2D eigenvalue weighted by Crippen LogP contribution is -2.39. The molecule has 88 valence electrons. The van der Waals surface area contributed by atoms with Gasteiger partial charge in [-0.25, -0.2) is 4.79 Å². The maximum Gasteiger partial charge on any atom is 0.329 e. The van der Waals surface area contributed by atoms with Gasteiger partial charge in [-0.2, -0.15) is 0 Å². The van der Waals surface area contributed by atoms with Crippen molar-refractivity contribution < 1.29 is 10.2 Å². The molecule has 1 aliphatic heterocycles. The zero-order valence-electron chi connectivity index (χ0n) is 8.37. The minimum atomic E-state index is -0.829. The Labute approximate surface area is 94.9 Å². The molecule has 3 N–H and O–H groups in total. The zero-order valence-corrected chi connectivity index (χ0v) is 9.18. The summed E-state index contributed by atoms with van der Waals surface area (Å²) in [7, 11) is 0. The molecule has 1 fully saturated rings. The van der Waals surface area contributed by atoms with Crippen LogP contribution in [0.5, 0.6) is 0 Å². The zero-order chi connectivity index (χ0) is 11.7. The van der Waals surface area contributed by atoms with Gasteiger partial charge in [0, 0.05) is 24.4 Å². The van der Waals surface area contributed by atoms with Gasteiger partial charge in [0.05, 0.1) is 17.6 Å². The average molecular weight is 244 g/mol. The molecule has 3 atom stereocenters. The van der Waals surface area contributed by atoms with Crippen LogP contribution in [-0.4, -0.2) is 37.7 Å². The number of aliphatic hydroxyl groups excluding tert-OH is 2. The highest BCUT2D eigenvalue weighted by atomic mass is 32.2. The number of hydrogen-bond acceptors (Lipinski definition) is 5. The van der Waals surface area contributed by atoms with Crippen LogP contribution in [0.15, 0.2) is 21.9 Å². The molecule has 0 bridgehead atoms. The van der Waals surface area contributed by atoms with E-state index in [1.54, 1.807) is 0 Å². The number of aliphatic hydroxyl groups is 2. The third-order valence-electron chi connectivity index (χ3n) is 2.51. The number of thioether (sulfide) groups is 1. The minimum absolute atomic E-state index is 0.247. The van der Waals surface area contributed by atoms with Crippen LogP contribution in [-0.2, 0) is 0 Å². The highest BCUT2D eigenvalue weighted by Gasteiger charge is 2.29. The lowest BCUT2D eigenvalue weighted by Gasteiger charge is -2.30. The Balaban J connectivity index is 2.25. The van der Waals surface area contributed by atoms with Crippen molar-refractivity contribution in [1.82, 2.24) is 9.55 Å². The standard InChI is InChI=1S/C9H12N2O4S/c12-5-3-8(16-4-6(5)13)11-2-1-7(14)10-9(11)15/h1-2,5-6,8,12-13H,3-4H2,(H,10,14,15)/t5-,6-,8+/m0/s1. The van der Waals surface area contributed by atoms with Crippen LogP contribution in [0.4, 0.5) is 0 Å². The van der Waals surface area contributed by atoms with Crippen LogP contribution in [0.2, 0.25) is 0 Å². The van der Waals surface area contributed by atoms with Crippen molar-refractivity contribution in [3.63, 3.8) is 0 Å². The summed E-state index contributed by atoms with van der Waals surface area (Å²) in [5.74, 6) is 0.372. The third kappa shape index (κ3) is 2.21. The van der Waals surface area contributed by atoms with Crippen LogP contribution in [0.3, 0.4) is 0 Å². The van der Waals surface area contributed by atoms with Gasteiger partial charge in [-0.05, 0) is 0 Å². The summed E-state index contributed by atoms with van der Waals surface area (Å²) in [6.45, 7) is 0. The molecule has 0 aliphatic carbocycles. The number of nitrogens with one attached hydrogen (secondary N) is 1. The summed E-state index contributed by atoms with van der Waals surface area (Å²) in [5.41, 5.74) is -0.934. The quantitative estimate of drug-likeness (QED) is 0.582. The highest BCUT2D eigenvalue weighted by Crippen LogP contribution is 2.33. The van der Waals surface area contributed by atoms with Gasteiger partial charge in [0.2, 0.25) is 0 Å². The van der Waals surface area contributed by atoms with Crippen molar-refractivity contribution in [1.29, 1.82) is 0 Å². The smallest absolute Gasteiger partial charge is 0.329 e. The van der Waals surface area contributed by atoms with Crippen LogP contribution in [0.25, 0.3) is 0 Å². The minimum Gasteiger partial charge on any atom is -0.390 e. The second-order valence-electron chi connectivity index (χ2n) is 3.68. The Hall–Kier alpha value is -1.05. The molecule has 0 aromatic carbocycles. The molecule has 6 nitrogen and oxygen atoms in total. The molecule has 1 aliphatic rings. The predicted octanol–water partition coefficient (Wildman–Crippen LogP) is -1.11. The fourth-order valence-corrected chi connectivity index (χ4v) is 2.90. The molecule has 2 heterocycles. The van der Waals surface area contributed by atoms with Crippen molar-refractivity contribution in [3.8, 4) is 0 Å². The lowest BCUT2D eigenvalue weighted by atomic mass is 10.1. The molecule has 16 heavy (non-hydrogen) atoms. The van der Waals surface area contributed by atoms with E-state index in [-0.39, 0.29) is 11.8 Å². The van der Waals surface area contributed by atoms with E-state index in [0.717, 1.165) is 0 Å². The molecule has 1 aromatic heterocycles. The SMILES string of the molecule is O=c1ccn([C@H]2C[C@H](O)[C@@H](O)CS2)c(=O)[nH]1. The van der Waals surface area contributed by atoms with E-state index in [0.29, 0.717) is 5.75 Å².